The van der Waals surface area contributed by atoms with Crippen molar-refractivity contribution in [2.24, 2.45) is 5.73 Å². The van der Waals surface area contributed by atoms with E-state index < -0.39 is 6.04 Å². The zero-order valence-electron chi connectivity index (χ0n) is 10.0. The Hall–Kier alpha value is -0.660. The van der Waals surface area contributed by atoms with Gasteiger partial charge in [0.15, 0.2) is 4.34 Å². The van der Waals surface area contributed by atoms with Crippen molar-refractivity contribution in [1.29, 1.82) is 0 Å². The van der Waals surface area contributed by atoms with E-state index >= 15 is 0 Å². The summed E-state index contributed by atoms with van der Waals surface area (Å²) in [5.74, 6) is 1.28. The second-order valence-electron chi connectivity index (χ2n) is 3.33. The first kappa shape index (κ1) is 14.4. The first-order valence-electron chi connectivity index (χ1n) is 5.55. The normalized spacial score (nSPS) is 12.4. The molecule has 0 saturated carbocycles. The van der Waals surface area contributed by atoms with Crippen molar-refractivity contribution in [2.45, 2.75) is 37.1 Å². The van der Waals surface area contributed by atoms with Gasteiger partial charge in [-0.3, -0.25) is 4.79 Å². The van der Waals surface area contributed by atoms with Gasteiger partial charge >= 0.3 is 5.97 Å². The van der Waals surface area contributed by atoms with E-state index in [2.05, 4.69) is 9.36 Å². The summed E-state index contributed by atoms with van der Waals surface area (Å²) in [6.45, 7) is 4.16. The second kappa shape index (κ2) is 7.62. The number of hydrogen-bond donors (Lipinski definition) is 1. The maximum atomic E-state index is 11.3. The molecule has 1 heterocycles. The van der Waals surface area contributed by atoms with Gasteiger partial charge in [0.2, 0.25) is 0 Å². The summed E-state index contributed by atoms with van der Waals surface area (Å²) in [5.41, 5.74) is 5.68. The second-order valence-corrected chi connectivity index (χ2v) is 5.42. The quantitative estimate of drug-likeness (QED) is 0.600. The third kappa shape index (κ3) is 5.01. The lowest BCUT2D eigenvalue weighted by atomic mass is 10.2. The number of aryl methyl sites for hydroxylation is 1. The van der Waals surface area contributed by atoms with Crippen molar-refractivity contribution in [3.63, 3.8) is 0 Å². The maximum Gasteiger partial charge on any atom is 0.322 e. The minimum absolute atomic E-state index is 0.334. The molecule has 1 aromatic heterocycles. The highest BCUT2D eigenvalue weighted by atomic mass is 32.2. The fourth-order valence-corrected chi connectivity index (χ4v) is 2.87. The van der Waals surface area contributed by atoms with E-state index in [1.807, 2.05) is 6.92 Å². The Morgan fingerprint density at radius 1 is 1.59 bits per heavy atom. The molecule has 0 bridgehead atoms. The van der Waals surface area contributed by atoms with E-state index in [1.165, 1.54) is 11.5 Å². The smallest absolute Gasteiger partial charge is 0.322 e. The molecule has 0 spiro atoms. The van der Waals surface area contributed by atoms with E-state index in [-0.39, 0.29) is 5.97 Å². The van der Waals surface area contributed by atoms with Gasteiger partial charge in [0.05, 0.1) is 6.61 Å². The minimum atomic E-state index is -0.541. The monoisotopic (exact) mass is 275 g/mol. The summed E-state index contributed by atoms with van der Waals surface area (Å²) < 4.78 is 9.94. The number of thioether (sulfide) groups is 1. The predicted octanol–water partition coefficient (Wildman–Crippen LogP) is 1.47. The summed E-state index contributed by atoms with van der Waals surface area (Å²) in [6.07, 6.45) is 1.43. The van der Waals surface area contributed by atoms with Gasteiger partial charge in [0.1, 0.15) is 11.9 Å². The van der Waals surface area contributed by atoms with Crippen molar-refractivity contribution < 1.29 is 9.53 Å². The van der Waals surface area contributed by atoms with Gasteiger partial charge in [-0.1, -0.05) is 18.7 Å². The summed E-state index contributed by atoms with van der Waals surface area (Å²) in [7, 11) is 0. The predicted molar refractivity (Wildman–Crippen MR) is 69.2 cm³/mol. The number of carbonyl (C=O) groups is 1. The van der Waals surface area contributed by atoms with Crippen LogP contribution in [0.2, 0.25) is 0 Å². The van der Waals surface area contributed by atoms with Crippen molar-refractivity contribution in [3.05, 3.63) is 5.82 Å². The number of carbonyl (C=O) groups excluding carboxylic acids is 1. The van der Waals surface area contributed by atoms with Crippen LogP contribution < -0.4 is 5.73 Å². The summed E-state index contributed by atoms with van der Waals surface area (Å²) in [4.78, 5) is 15.6. The van der Waals surface area contributed by atoms with Gasteiger partial charge in [-0.15, -0.1) is 0 Å². The highest BCUT2D eigenvalue weighted by Crippen LogP contribution is 2.21. The molecule has 0 aliphatic rings. The number of hydrogen-bond acceptors (Lipinski definition) is 7. The molecular formula is C10H17N3O2S2. The molecule has 0 aliphatic heterocycles. The van der Waals surface area contributed by atoms with Crippen molar-refractivity contribution in [2.75, 3.05) is 12.4 Å². The van der Waals surface area contributed by atoms with Crippen LogP contribution in [-0.2, 0) is 16.0 Å². The van der Waals surface area contributed by atoms with Crippen LogP contribution in [0.3, 0.4) is 0 Å². The van der Waals surface area contributed by atoms with Crippen LogP contribution in [0, 0.1) is 0 Å². The van der Waals surface area contributed by atoms with Gasteiger partial charge in [-0.25, -0.2) is 4.98 Å². The Labute approximate surface area is 109 Å². The molecule has 1 aromatic rings. The molecular weight excluding hydrogens is 258 g/mol. The average Bonchev–Trinajstić information content (AvgIpc) is 2.77. The molecule has 0 saturated heterocycles. The molecule has 1 unspecified atom stereocenters. The average molecular weight is 275 g/mol. The summed E-state index contributed by atoms with van der Waals surface area (Å²) >= 11 is 2.97. The lowest BCUT2D eigenvalue weighted by Gasteiger charge is -2.08. The molecule has 0 radical (unpaired) electrons. The maximum absolute atomic E-state index is 11.3. The SMILES string of the molecule is CCOC(=O)C(N)CCSc1nc(CC)ns1. The van der Waals surface area contributed by atoms with Crippen molar-refractivity contribution in [1.82, 2.24) is 9.36 Å². The lowest BCUT2D eigenvalue weighted by Crippen LogP contribution is -2.32. The highest BCUT2D eigenvalue weighted by molar-refractivity contribution is 8.00. The zero-order valence-corrected chi connectivity index (χ0v) is 11.6. The van der Waals surface area contributed by atoms with E-state index in [4.69, 9.17) is 10.5 Å². The van der Waals surface area contributed by atoms with Crippen molar-refractivity contribution >= 4 is 29.3 Å². The molecule has 96 valence electrons. The van der Waals surface area contributed by atoms with Crippen LogP contribution in [0.1, 0.15) is 26.1 Å². The Morgan fingerprint density at radius 3 is 2.94 bits per heavy atom. The van der Waals surface area contributed by atoms with E-state index in [0.717, 1.165) is 22.3 Å². The molecule has 7 heteroatoms. The van der Waals surface area contributed by atoms with E-state index in [9.17, 15) is 4.79 Å². The first-order chi connectivity index (χ1) is 8.17. The molecule has 0 fully saturated rings. The van der Waals surface area contributed by atoms with Crippen LogP contribution in [-0.4, -0.2) is 33.7 Å². The van der Waals surface area contributed by atoms with Gasteiger partial charge < -0.3 is 10.5 Å². The Bertz CT molecular complexity index is 357. The van der Waals surface area contributed by atoms with Crippen LogP contribution >= 0.6 is 23.3 Å². The molecule has 0 aliphatic carbocycles. The number of nitrogens with two attached hydrogens (primary N) is 1. The third-order valence-electron chi connectivity index (χ3n) is 2.01. The minimum Gasteiger partial charge on any atom is -0.465 e. The van der Waals surface area contributed by atoms with E-state index in [1.54, 1.807) is 18.7 Å². The fourth-order valence-electron chi connectivity index (χ4n) is 1.08. The Kier molecular flexibility index (Phi) is 6.46. The topological polar surface area (TPSA) is 78.1 Å². The lowest BCUT2D eigenvalue weighted by molar-refractivity contribution is -0.144. The van der Waals surface area contributed by atoms with Gasteiger partial charge in [-0.2, -0.15) is 4.37 Å². The fraction of sp³-hybridized carbons (Fsp3) is 0.700. The zero-order chi connectivity index (χ0) is 12.7. The van der Waals surface area contributed by atoms with Gasteiger partial charge in [0.25, 0.3) is 0 Å². The molecule has 5 nitrogen and oxygen atoms in total. The van der Waals surface area contributed by atoms with Crippen LogP contribution in [0.25, 0.3) is 0 Å². The number of nitrogens with zero attached hydrogens (tertiary/aromatic N) is 2. The molecule has 1 rings (SSSR count). The third-order valence-corrected chi connectivity index (χ3v) is 3.91. The number of esters is 1. The van der Waals surface area contributed by atoms with Gasteiger partial charge in [-0.05, 0) is 24.9 Å². The summed E-state index contributed by atoms with van der Waals surface area (Å²) in [5, 5.41) is 0. The molecule has 0 amide bonds. The van der Waals surface area contributed by atoms with Crippen molar-refractivity contribution in [3.8, 4) is 0 Å². The van der Waals surface area contributed by atoms with Crippen LogP contribution in [0.15, 0.2) is 4.34 Å². The van der Waals surface area contributed by atoms with Crippen LogP contribution in [0.5, 0.6) is 0 Å². The van der Waals surface area contributed by atoms with Gasteiger partial charge in [0, 0.05) is 12.2 Å². The molecule has 0 aromatic carbocycles. The summed E-state index contributed by atoms with van der Waals surface area (Å²) in [6, 6.07) is -0.541. The standard InChI is InChI=1S/C10H17N3O2S2/c1-3-8-12-10(17-13-8)16-6-5-7(11)9(14)15-4-2/h7H,3-6,11H2,1-2H3. The largest absolute Gasteiger partial charge is 0.465 e. The molecule has 1 atom stereocenters. The first-order valence-corrected chi connectivity index (χ1v) is 7.30. The van der Waals surface area contributed by atoms with Crippen LogP contribution in [0.4, 0.5) is 0 Å². The Morgan fingerprint density at radius 2 is 2.35 bits per heavy atom. The number of rotatable bonds is 7. The number of aromatic nitrogens is 2. The Balaban J connectivity index is 2.25. The van der Waals surface area contributed by atoms with E-state index in [0.29, 0.717) is 13.0 Å². The molecule has 17 heavy (non-hydrogen) atoms. The number of ether oxygens (including phenoxy) is 1. The highest BCUT2D eigenvalue weighted by Gasteiger charge is 2.14. The molecule has 2 N–H and O–H groups in total.